The minimum Gasteiger partial charge on any atom is -0.370 e. The molecule has 0 saturated heterocycles. The van der Waals surface area contributed by atoms with Crippen molar-refractivity contribution in [3.05, 3.63) is 23.4 Å². The van der Waals surface area contributed by atoms with Crippen LogP contribution in [0.15, 0.2) is 12.1 Å². The second kappa shape index (κ2) is 6.73. The van der Waals surface area contributed by atoms with Gasteiger partial charge in [0.1, 0.15) is 5.82 Å². The molecule has 110 valence electrons. The SMILES string of the molecule is CCCCN(C(=O)c1cc(C)nc(NCC)c1)C1CC1. The zero-order valence-electron chi connectivity index (χ0n) is 12.8. The molecule has 0 atom stereocenters. The van der Waals surface area contributed by atoms with E-state index in [1.165, 1.54) is 0 Å². The first-order valence-electron chi connectivity index (χ1n) is 7.69. The van der Waals surface area contributed by atoms with Crippen molar-refractivity contribution >= 4 is 11.7 Å². The number of carbonyl (C=O) groups excluding carboxylic acids is 1. The van der Waals surface area contributed by atoms with Crippen LogP contribution < -0.4 is 5.32 Å². The Kier molecular flexibility index (Phi) is 4.99. The molecule has 0 aromatic carbocycles. The predicted molar refractivity (Wildman–Crippen MR) is 82.1 cm³/mol. The summed E-state index contributed by atoms with van der Waals surface area (Å²) in [5.41, 5.74) is 1.65. The quantitative estimate of drug-likeness (QED) is 0.831. The number of hydrogen-bond acceptors (Lipinski definition) is 3. The van der Waals surface area contributed by atoms with Crippen LogP contribution in [0.2, 0.25) is 0 Å². The molecule has 1 aliphatic carbocycles. The average Bonchev–Trinajstić information content (AvgIpc) is 3.23. The topological polar surface area (TPSA) is 45.2 Å². The van der Waals surface area contributed by atoms with Crippen LogP contribution in [0, 0.1) is 6.92 Å². The molecule has 1 aliphatic rings. The molecule has 1 N–H and O–H groups in total. The van der Waals surface area contributed by atoms with Crippen LogP contribution in [0.1, 0.15) is 55.6 Å². The number of nitrogens with one attached hydrogen (secondary N) is 1. The summed E-state index contributed by atoms with van der Waals surface area (Å²) >= 11 is 0. The Morgan fingerprint density at radius 1 is 1.40 bits per heavy atom. The van der Waals surface area contributed by atoms with Crippen molar-refractivity contribution in [3.63, 3.8) is 0 Å². The molecule has 0 spiro atoms. The lowest BCUT2D eigenvalue weighted by molar-refractivity contribution is 0.0740. The van der Waals surface area contributed by atoms with Gasteiger partial charge in [-0.25, -0.2) is 4.98 Å². The van der Waals surface area contributed by atoms with E-state index < -0.39 is 0 Å². The van der Waals surface area contributed by atoms with E-state index in [-0.39, 0.29) is 5.91 Å². The predicted octanol–water partition coefficient (Wildman–Crippen LogP) is 3.23. The molecule has 1 amide bonds. The average molecular weight is 275 g/mol. The summed E-state index contributed by atoms with van der Waals surface area (Å²) in [6.45, 7) is 7.81. The molecule has 20 heavy (non-hydrogen) atoms. The van der Waals surface area contributed by atoms with Crippen LogP contribution in [-0.2, 0) is 0 Å². The van der Waals surface area contributed by atoms with Crippen LogP contribution in [0.25, 0.3) is 0 Å². The van der Waals surface area contributed by atoms with Gasteiger partial charge in [0.05, 0.1) is 0 Å². The normalized spacial score (nSPS) is 14.2. The molecule has 1 heterocycles. The van der Waals surface area contributed by atoms with Gasteiger partial charge in [0.15, 0.2) is 0 Å². The van der Waals surface area contributed by atoms with Gasteiger partial charge in [0, 0.05) is 30.4 Å². The fourth-order valence-corrected chi connectivity index (χ4v) is 2.39. The van der Waals surface area contributed by atoms with E-state index in [1.54, 1.807) is 0 Å². The van der Waals surface area contributed by atoms with E-state index in [4.69, 9.17) is 0 Å². The monoisotopic (exact) mass is 275 g/mol. The smallest absolute Gasteiger partial charge is 0.254 e. The number of aromatic nitrogens is 1. The first-order chi connectivity index (χ1) is 9.65. The fraction of sp³-hybridized carbons (Fsp3) is 0.625. The zero-order valence-corrected chi connectivity index (χ0v) is 12.8. The molecule has 0 bridgehead atoms. The van der Waals surface area contributed by atoms with Gasteiger partial charge < -0.3 is 10.2 Å². The number of pyridine rings is 1. The third kappa shape index (κ3) is 3.71. The molecule has 1 aromatic rings. The molecule has 1 saturated carbocycles. The van der Waals surface area contributed by atoms with Gasteiger partial charge in [-0.15, -0.1) is 0 Å². The molecule has 0 radical (unpaired) electrons. The highest BCUT2D eigenvalue weighted by Gasteiger charge is 2.32. The summed E-state index contributed by atoms with van der Waals surface area (Å²) in [5, 5.41) is 3.19. The number of aryl methyl sites for hydroxylation is 1. The molecule has 1 aromatic heterocycles. The molecule has 0 unspecified atom stereocenters. The van der Waals surface area contributed by atoms with Crippen molar-refractivity contribution in [1.29, 1.82) is 0 Å². The molecular formula is C16H25N3O. The highest BCUT2D eigenvalue weighted by molar-refractivity contribution is 5.95. The summed E-state index contributed by atoms with van der Waals surface area (Å²) in [6.07, 6.45) is 4.50. The molecule has 0 aliphatic heterocycles. The van der Waals surface area contributed by atoms with Crippen LogP contribution in [-0.4, -0.2) is 34.9 Å². The number of anilines is 1. The van der Waals surface area contributed by atoms with Gasteiger partial charge in [-0.2, -0.15) is 0 Å². The number of carbonyl (C=O) groups is 1. The van der Waals surface area contributed by atoms with Crippen LogP contribution in [0.3, 0.4) is 0 Å². The Morgan fingerprint density at radius 2 is 2.15 bits per heavy atom. The largest absolute Gasteiger partial charge is 0.370 e. The molecule has 2 rings (SSSR count). The lowest BCUT2D eigenvalue weighted by Gasteiger charge is -2.22. The maximum atomic E-state index is 12.7. The minimum absolute atomic E-state index is 0.158. The van der Waals surface area contributed by atoms with E-state index in [9.17, 15) is 4.79 Å². The van der Waals surface area contributed by atoms with Crippen molar-refractivity contribution in [2.75, 3.05) is 18.4 Å². The summed E-state index contributed by atoms with van der Waals surface area (Å²) in [5.74, 6) is 0.952. The summed E-state index contributed by atoms with van der Waals surface area (Å²) in [6, 6.07) is 4.23. The summed E-state index contributed by atoms with van der Waals surface area (Å²) in [7, 11) is 0. The van der Waals surface area contributed by atoms with E-state index in [1.807, 2.05) is 30.9 Å². The Morgan fingerprint density at radius 3 is 2.75 bits per heavy atom. The zero-order chi connectivity index (χ0) is 14.5. The van der Waals surface area contributed by atoms with Crippen LogP contribution in [0.5, 0.6) is 0 Å². The number of unbranched alkanes of at least 4 members (excludes halogenated alkanes) is 1. The number of rotatable bonds is 7. The third-order valence-electron chi connectivity index (χ3n) is 3.56. The highest BCUT2D eigenvalue weighted by atomic mass is 16.2. The first kappa shape index (κ1) is 14.8. The van der Waals surface area contributed by atoms with Gasteiger partial charge in [0.2, 0.25) is 0 Å². The van der Waals surface area contributed by atoms with Gasteiger partial charge in [-0.1, -0.05) is 13.3 Å². The molecule has 4 nitrogen and oxygen atoms in total. The van der Waals surface area contributed by atoms with Crippen LogP contribution in [0.4, 0.5) is 5.82 Å². The lowest BCUT2D eigenvalue weighted by Crippen LogP contribution is -2.34. The van der Waals surface area contributed by atoms with Crippen molar-refractivity contribution in [1.82, 2.24) is 9.88 Å². The number of amides is 1. The molecule has 1 fully saturated rings. The van der Waals surface area contributed by atoms with Gasteiger partial charge >= 0.3 is 0 Å². The van der Waals surface area contributed by atoms with Crippen molar-refractivity contribution in [2.24, 2.45) is 0 Å². The van der Waals surface area contributed by atoms with E-state index >= 15 is 0 Å². The third-order valence-corrected chi connectivity index (χ3v) is 3.56. The summed E-state index contributed by atoms with van der Waals surface area (Å²) in [4.78, 5) is 19.2. The van der Waals surface area contributed by atoms with Gasteiger partial charge in [0.25, 0.3) is 5.91 Å². The first-order valence-corrected chi connectivity index (χ1v) is 7.69. The minimum atomic E-state index is 0.158. The maximum absolute atomic E-state index is 12.7. The number of hydrogen-bond donors (Lipinski definition) is 1. The van der Waals surface area contributed by atoms with E-state index in [2.05, 4.69) is 17.2 Å². The van der Waals surface area contributed by atoms with Gasteiger partial charge in [-0.05, 0) is 45.2 Å². The molecule has 4 heteroatoms. The fourth-order valence-electron chi connectivity index (χ4n) is 2.39. The van der Waals surface area contributed by atoms with Crippen molar-refractivity contribution in [3.8, 4) is 0 Å². The number of nitrogens with zero attached hydrogens (tertiary/aromatic N) is 2. The van der Waals surface area contributed by atoms with Crippen molar-refractivity contribution in [2.45, 2.75) is 52.5 Å². The Bertz CT molecular complexity index is 469. The molecular weight excluding hydrogens is 250 g/mol. The van der Waals surface area contributed by atoms with Crippen molar-refractivity contribution < 1.29 is 4.79 Å². The summed E-state index contributed by atoms with van der Waals surface area (Å²) < 4.78 is 0. The van der Waals surface area contributed by atoms with Crippen LogP contribution >= 0.6 is 0 Å². The second-order valence-corrected chi connectivity index (χ2v) is 5.50. The standard InChI is InChI=1S/C16H25N3O/c1-4-6-9-19(14-7-8-14)16(20)13-10-12(3)18-15(11-13)17-5-2/h10-11,14H,4-9H2,1-3H3,(H,17,18). The Balaban J connectivity index is 2.17. The van der Waals surface area contributed by atoms with Gasteiger partial charge in [-0.3, -0.25) is 4.79 Å². The van der Waals surface area contributed by atoms with E-state index in [0.29, 0.717) is 6.04 Å². The Labute approximate surface area is 121 Å². The Hall–Kier alpha value is -1.58. The maximum Gasteiger partial charge on any atom is 0.254 e. The van der Waals surface area contributed by atoms with E-state index in [0.717, 1.165) is 55.8 Å². The lowest BCUT2D eigenvalue weighted by atomic mass is 10.1. The second-order valence-electron chi connectivity index (χ2n) is 5.50. The highest BCUT2D eigenvalue weighted by Crippen LogP contribution is 2.29.